The van der Waals surface area contributed by atoms with E-state index in [-0.39, 0.29) is 0 Å². The molecular weight excluding hydrogens is 240 g/mol. The van der Waals surface area contributed by atoms with Gasteiger partial charge in [-0.3, -0.25) is 0 Å². The van der Waals surface area contributed by atoms with E-state index in [9.17, 15) is 0 Å². The minimum atomic E-state index is 0.792. The van der Waals surface area contributed by atoms with Crippen molar-refractivity contribution in [3.8, 4) is 5.75 Å². The second kappa shape index (κ2) is 4.94. The van der Waals surface area contributed by atoms with E-state index < -0.39 is 0 Å². The molecule has 1 aromatic carbocycles. The molecule has 0 unspecified atom stereocenters. The van der Waals surface area contributed by atoms with Crippen LogP contribution in [0.5, 0.6) is 5.75 Å². The van der Waals surface area contributed by atoms with Crippen LogP contribution in [0.4, 0.5) is 0 Å². The van der Waals surface area contributed by atoms with Crippen LogP contribution in [-0.4, -0.2) is 17.3 Å². The molecule has 0 radical (unpaired) electrons. The highest BCUT2D eigenvalue weighted by Crippen LogP contribution is 2.25. The molecule has 0 aliphatic rings. The van der Waals surface area contributed by atoms with Crippen molar-refractivity contribution in [2.45, 2.75) is 0 Å². The Bertz CT molecular complexity index is 717. The number of furan rings is 1. The largest absolute Gasteiger partial charge is 0.497 e. The highest BCUT2D eigenvalue weighted by Gasteiger charge is 2.02. The van der Waals surface area contributed by atoms with Gasteiger partial charge in [-0.1, -0.05) is 0 Å². The van der Waals surface area contributed by atoms with Gasteiger partial charge in [0.1, 0.15) is 17.1 Å². The van der Waals surface area contributed by atoms with Gasteiger partial charge in [0.05, 0.1) is 19.5 Å². The third-order valence-electron chi connectivity index (χ3n) is 2.79. The van der Waals surface area contributed by atoms with Crippen LogP contribution in [0.1, 0.15) is 11.3 Å². The van der Waals surface area contributed by atoms with E-state index >= 15 is 0 Å². The van der Waals surface area contributed by atoms with Crippen LogP contribution in [0.25, 0.3) is 23.1 Å². The first kappa shape index (κ1) is 11.5. The van der Waals surface area contributed by atoms with Crippen LogP contribution >= 0.6 is 0 Å². The SMILES string of the molecule is COc1ccc2oc(C=Cc3ccnnc3)cc2c1. The molecule has 2 aromatic heterocycles. The normalized spacial score (nSPS) is 11.2. The highest BCUT2D eigenvalue weighted by atomic mass is 16.5. The molecule has 0 fully saturated rings. The molecular formula is C15H12N2O2. The molecule has 0 N–H and O–H groups in total. The summed E-state index contributed by atoms with van der Waals surface area (Å²) in [6, 6.07) is 9.59. The fourth-order valence-electron chi connectivity index (χ4n) is 1.83. The van der Waals surface area contributed by atoms with E-state index in [0.717, 1.165) is 28.0 Å². The predicted octanol–water partition coefficient (Wildman–Crippen LogP) is 3.40. The number of aromatic nitrogens is 2. The zero-order valence-electron chi connectivity index (χ0n) is 10.4. The van der Waals surface area contributed by atoms with Crippen LogP contribution in [0.3, 0.4) is 0 Å². The lowest BCUT2D eigenvalue weighted by Crippen LogP contribution is -1.79. The van der Waals surface area contributed by atoms with Crippen LogP contribution in [-0.2, 0) is 0 Å². The summed E-state index contributed by atoms with van der Waals surface area (Å²) in [7, 11) is 1.65. The van der Waals surface area contributed by atoms with Gasteiger partial charge in [0.2, 0.25) is 0 Å². The molecule has 0 amide bonds. The first-order chi connectivity index (χ1) is 9.35. The third kappa shape index (κ3) is 2.47. The summed E-state index contributed by atoms with van der Waals surface area (Å²) in [4.78, 5) is 0. The van der Waals surface area contributed by atoms with E-state index in [1.807, 2.05) is 42.5 Å². The monoisotopic (exact) mass is 252 g/mol. The first-order valence-electron chi connectivity index (χ1n) is 5.87. The third-order valence-corrected chi connectivity index (χ3v) is 2.79. The Kier molecular flexibility index (Phi) is 2.98. The molecule has 3 rings (SSSR count). The summed E-state index contributed by atoms with van der Waals surface area (Å²) in [5.74, 6) is 1.61. The molecule has 0 aliphatic carbocycles. The summed E-state index contributed by atoms with van der Waals surface area (Å²) in [6.07, 6.45) is 7.19. The first-order valence-corrected chi connectivity index (χ1v) is 5.87. The highest BCUT2D eigenvalue weighted by molar-refractivity contribution is 5.82. The van der Waals surface area contributed by atoms with Gasteiger partial charge in [0, 0.05) is 5.39 Å². The average Bonchev–Trinajstić information content (AvgIpc) is 2.88. The second-order valence-electron chi connectivity index (χ2n) is 4.06. The summed E-state index contributed by atoms with van der Waals surface area (Å²) < 4.78 is 10.9. The number of methoxy groups -OCH3 is 1. The van der Waals surface area contributed by atoms with Crippen molar-refractivity contribution < 1.29 is 9.15 Å². The summed E-state index contributed by atoms with van der Waals surface area (Å²) in [5.41, 5.74) is 1.82. The number of ether oxygens (including phenoxy) is 1. The lowest BCUT2D eigenvalue weighted by atomic mass is 10.2. The molecule has 3 aromatic rings. The van der Waals surface area contributed by atoms with Crippen molar-refractivity contribution in [2.24, 2.45) is 0 Å². The Morgan fingerprint density at radius 2 is 2.05 bits per heavy atom. The zero-order valence-corrected chi connectivity index (χ0v) is 10.4. The van der Waals surface area contributed by atoms with E-state index in [1.165, 1.54) is 0 Å². The Morgan fingerprint density at radius 3 is 2.84 bits per heavy atom. The lowest BCUT2D eigenvalue weighted by Gasteiger charge is -1.96. The zero-order chi connectivity index (χ0) is 13.1. The van der Waals surface area contributed by atoms with E-state index in [4.69, 9.17) is 9.15 Å². The van der Waals surface area contributed by atoms with Crippen molar-refractivity contribution in [2.75, 3.05) is 7.11 Å². The maximum absolute atomic E-state index is 5.71. The molecule has 0 saturated carbocycles. The van der Waals surface area contributed by atoms with Crippen molar-refractivity contribution in [3.05, 3.63) is 54.0 Å². The van der Waals surface area contributed by atoms with Gasteiger partial charge in [0.15, 0.2) is 0 Å². The topological polar surface area (TPSA) is 48.2 Å². The maximum Gasteiger partial charge on any atom is 0.135 e. The van der Waals surface area contributed by atoms with Gasteiger partial charge in [-0.2, -0.15) is 10.2 Å². The van der Waals surface area contributed by atoms with Gasteiger partial charge in [-0.25, -0.2) is 0 Å². The predicted molar refractivity (Wildman–Crippen MR) is 73.7 cm³/mol. The lowest BCUT2D eigenvalue weighted by molar-refractivity contribution is 0.415. The summed E-state index contributed by atoms with van der Waals surface area (Å²) in [6.45, 7) is 0. The van der Waals surface area contributed by atoms with E-state index in [2.05, 4.69) is 10.2 Å². The standard InChI is InChI=1S/C15H12N2O2/c1-18-13-4-5-15-12(8-13)9-14(19-15)3-2-11-6-7-16-17-10-11/h2-10H,1H3. The molecule has 0 bridgehead atoms. The molecule has 94 valence electrons. The van der Waals surface area contributed by atoms with Crippen LogP contribution in [0, 0.1) is 0 Å². The van der Waals surface area contributed by atoms with Crippen LogP contribution in [0.15, 0.2) is 47.1 Å². The summed E-state index contributed by atoms with van der Waals surface area (Å²) >= 11 is 0. The fraction of sp³-hybridized carbons (Fsp3) is 0.0667. The molecule has 2 heterocycles. The van der Waals surface area contributed by atoms with Gasteiger partial charge in [-0.05, 0) is 48.0 Å². The van der Waals surface area contributed by atoms with E-state index in [1.54, 1.807) is 19.5 Å². The van der Waals surface area contributed by atoms with E-state index in [0.29, 0.717) is 0 Å². The van der Waals surface area contributed by atoms with Crippen LogP contribution in [0.2, 0.25) is 0 Å². The van der Waals surface area contributed by atoms with Gasteiger partial charge in [0.25, 0.3) is 0 Å². The molecule has 19 heavy (non-hydrogen) atoms. The molecule has 0 spiro atoms. The molecule has 0 aliphatic heterocycles. The maximum atomic E-state index is 5.71. The molecule has 0 atom stereocenters. The Balaban J connectivity index is 1.91. The number of fused-ring (bicyclic) bond motifs is 1. The van der Waals surface area contributed by atoms with Gasteiger partial charge >= 0.3 is 0 Å². The number of rotatable bonds is 3. The molecule has 4 heteroatoms. The second-order valence-corrected chi connectivity index (χ2v) is 4.06. The van der Waals surface area contributed by atoms with Gasteiger partial charge in [-0.15, -0.1) is 0 Å². The smallest absolute Gasteiger partial charge is 0.135 e. The fourth-order valence-corrected chi connectivity index (χ4v) is 1.83. The van der Waals surface area contributed by atoms with Crippen molar-refractivity contribution >= 4 is 23.1 Å². The van der Waals surface area contributed by atoms with Gasteiger partial charge < -0.3 is 9.15 Å². The number of hydrogen-bond donors (Lipinski definition) is 0. The Morgan fingerprint density at radius 1 is 1.11 bits per heavy atom. The van der Waals surface area contributed by atoms with Crippen LogP contribution < -0.4 is 4.74 Å². The molecule has 4 nitrogen and oxygen atoms in total. The molecule has 0 saturated heterocycles. The number of nitrogens with zero attached hydrogens (tertiary/aromatic N) is 2. The number of hydrogen-bond acceptors (Lipinski definition) is 4. The average molecular weight is 252 g/mol. The Labute approximate surface area is 110 Å². The minimum absolute atomic E-state index is 0.792. The van der Waals surface area contributed by atoms with Crippen molar-refractivity contribution in [1.29, 1.82) is 0 Å². The van der Waals surface area contributed by atoms with Crippen molar-refractivity contribution in [3.63, 3.8) is 0 Å². The quantitative estimate of drug-likeness (QED) is 0.716. The summed E-state index contributed by atoms with van der Waals surface area (Å²) in [5, 5.41) is 8.57. The minimum Gasteiger partial charge on any atom is -0.497 e. The number of benzene rings is 1. The van der Waals surface area contributed by atoms with Crippen molar-refractivity contribution in [1.82, 2.24) is 10.2 Å². The Hall–Kier alpha value is -2.62.